The van der Waals surface area contributed by atoms with Gasteiger partial charge in [-0.25, -0.2) is 9.97 Å². The number of alkyl halides is 3. The molecule has 0 radical (unpaired) electrons. The maximum absolute atomic E-state index is 13.0. The number of nitrogens with zero attached hydrogens (tertiary/aromatic N) is 2. The zero-order valence-corrected chi connectivity index (χ0v) is 12.5. The molecule has 0 saturated heterocycles. The van der Waals surface area contributed by atoms with Gasteiger partial charge in [0, 0.05) is 10.6 Å². The number of thioether (sulfide) groups is 1. The molecule has 2 atom stereocenters. The van der Waals surface area contributed by atoms with Gasteiger partial charge in [0.15, 0.2) is 0 Å². The van der Waals surface area contributed by atoms with Crippen LogP contribution in [0, 0.1) is 0 Å². The molecule has 7 heteroatoms. The number of benzene rings is 1. The molecular formula is C15H15F3N2OS. The molecule has 0 bridgehead atoms. The van der Waals surface area contributed by atoms with E-state index in [1.165, 1.54) is 11.8 Å². The van der Waals surface area contributed by atoms with E-state index in [0.717, 1.165) is 19.3 Å². The number of para-hydroxylation sites is 1. The van der Waals surface area contributed by atoms with E-state index in [1.807, 2.05) is 0 Å². The monoisotopic (exact) mass is 328 g/mol. The highest BCUT2D eigenvalue weighted by Gasteiger charge is 2.36. The van der Waals surface area contributed by atoms with Crippen molar-refractivity contribution in [3.63, 3.8) is 0 Å². The minimum Gasteiger partial charge on any atom is -0.392 e. The minimum atomic E-state index is -4.58. The Bertz CT molecular complexity index is 677. The van der Waals surface area contributed by atoms with E-state index >= 15 is 0 Å². The smallest absolute Gasteiger partial charge is 0.392 e. The van der Waals surface area contributed by atoms with E-state index in [4.69, 9.17) is 0 Å². The lowest BCUT2D eigenvalue weighted by molar-refractivity contribution is -0.145. The lowest BCUT2D eigenvalue weighted by atomic mass is 9.97. The highest BCUT2D eigenvalue weighted by Crippen LogP contribution is 2.37. The van der Waals surface area contributed by atoms with E-state index in [-0.39, 0.29) is 10.8 Å². The Labute approximate surface area is 130 Å². The number of aliphatic hydroxyl groups is 1. The average Bonchev–Trinajstić information content (AvgIpc) is 2.48. The Morgan fingerprint density at radius 1 is 1.09 bits per heavy atom. The van der Waals surface area contributed by atoms with Gasteiger partial charge in [-0.3, -0.25) is 0 Å². The largest absolute Gasteiger partial charge is 0.451 e. The first-order valence-electron chi connectivity index (χ1n) is 7.14. The van der Waals surface area contributed by atoms with Crippen molar-refractivity contribution in [3.05, 3.63) is 30.1 Å². The SMILES string of the molecule is O[C@H]1CCCC[C@@H]1Sc1nc(C(F)(F)F)nc2ccccc12. The molecule has 118 valence electrons. The van der Waals surface area contributed by atoms with Crippen molar-refractivity contribution in [1.82, 2.24) is 9.97 Å². The number of fused-ring (bicyclic) bond motifs is 1. The lowest BCUT2D eigenvalue weighted by Gasteiger charge is -2.27. The van der Waals surface area contributed by atoms with Crippen LogP contribution in [0.3, 0.4) is 0 Å². The summed E-state index contributed by atoms with van der Waals surface area (Å²) in [4.78, 5) is 7.32. The molecule has 1 aliphatic rings. The number of halogens is 3. The first-order chi connectivity index (χ1) is 10.4. The quantitative estimate of drug-likeness (QED) is 0.845. The predicted octanol–water partition coefficient (Wildman–Crippen LogP) is 4.04. The van der Waals surface area contributed by atoms with E-state index in [0.29, 0.717) is 16.8 Å². The Morgan fingerprint density at radius 3 is 2.55 bits per heavy atom. The zero-order valence-electron chi connectivity index (χ0n) is 11.7. The summed E-state index contributed by atoms with van der Waals surface area (Å²) in [6.07, 6.45) is -1.68. The molecule has 2 aromatic rings. The van der Waals surface area contributed by atoms with Crippen LogP contribution in [0.5, 0.6) is 0 Å². The van der Waals surface area contributed by atoms with Crippen molar-refractivity contribution in [1.29, 1.82) is 0 Å². The summed E-state index contributed by atoms with van der Waals surface area (Å²) in [5.41, 5.74) is 0.276. The van der Waals surface area contributed by atoms with Crippen LogP contribution in [0.25, 0.3) is 10.9 Å². The molecular weight excluding hydrogens is 313 g/mol. The maximum atomic E-state index is 13.0. The second-order valence-corrected chi connectivity index (χ2v) is 6.60. The fourth-order valence-electron chi connectivity index (χ4n) is 2.62. The molecule has 1 saturated carbocycles. The van der Waals surface area contributed by atoms with Gasteiger partial charge in [0.1, 0.15) is 5.03 Å². The first kappa shape index (κ1) is 15.6. The van der Waals surface area contributed by atoms with Crippen LogP contribution < -0.4 is 0 Å². The van der Waals surface area contributed by atoms with Crippen molar-refractivity contribution in [3.8, 4) is 0 Å². The molecule has 1 fully saturated rings. The number of aromatic nitrogens is 2. The predicted molar refractivity (Wildman–Crippen MR) is 78.7 cm³/mol. The molecule has 3 rings (SSSR count). The van der Waals surface area contributed by atoms with Gasteiger partial charge in [0.05, 0.1) is 11.6 Å². The summed E-state index contributed by atoms with van der Waals surface area (Å²) in [5.74, 6) is -1.13. The molecule has 1 aromatic heterocycles. The average molecular weight is 328 g/mol. The lowest BCUT2D eigenvalue weighted by Crippen LogP contribution is -2.27. The van der Waals surface area contributed by atoms with Gasteiger partial charge >= 0.3 is 6.18 Å². The topological polar surface area (TPSA) is 46.0 Å². The number of rotatable bonds is 2. The van der Waals surface area contributed by atoms with Crippen LogP contribution in [-0.2, 0) is 6.18 Å². The van der Waals surface area contributed by atoms with Crippen LogP contribution >= 0.6 is 11.8 Å². The van der Waals surface area contributed by atoms with Gasteiger partial charge in [-0.05, 0) is 18.9 Å². The molecule has 0 unspecified atom stereocenters. The fraction of sp³-hybridized carbons (Fsp3) is 0.467. The number of hydrogen-bond donors (Lipinski definition) is 1. The highest BCUT2D eigenvalue weighted by atomic mass is 32.2. The Kier molecular flexibility index (Phi) is 4.27. The van der Waals surface area contributed by atoms with Crippen molar-refractivity contribution in [2.45, 2.75) is 48.2 Å². The van der Waals surface area contributed by atoms with Gasteiger partial charge in [-0.15, -0.1) is 0 Å². The van der Waals surface area contributed by atoms with Crippen molar-refractivity contribution >= 4 is 22.7 Å². The molecule has 0 aliphatic heterocycles. The van der Waals surface area contributed by atoms with E-state index in [1.54, 1.807) is 24.3 Å². The summed E-state index contributed by atoms with van der Waals surface area (Å²) in [6, 6.07) is 6.67. The van der Waals surface area contributed by atoms with E-state index in [9.17, 15) is 18.3 Å². The third-order valence-electron chi connectivity index (χ3n) is 3.75. The number of hydrogen-bond acceptors (Lipinski definition) is 4. The standard InChI is InChI=1S/C15H15F3N2OS/c16-15(17,18)14-19-10-6-2-1-5-9(10)13(20-14)22-12-8-4-3-7-11(12)21/h1-2,5-6,11-12,21H,3-4,7-8H2/t11-,12-/m0/s1. The van der Waals surface area contributed by atoms with Crippen LogP contribution in [0.1, 0.15) is 31.5 Å². The number of aliphatic hydroxyl groups excluding tert-OH is 1. The van der Waals surface area contributed by atoms with E-state index in [2.05, 4.69) is 9.97 Å². The normalized spacial score (nSPS) is 22.9. The van der Waals surface area contributed by atoms with Gasteiger partial charge in [0.2, 0.25) is 5.82 Å². The molecule has 0 amide bonds. The first-order valence-corrected chi connectivity index (χ1v) is 8.02. The van der Waals surface area contributed by atoms with Crippen molar-refractivity contribution in [2.75, 3.05) is 0 Å². The summed E-state index contributed by atoms with van der Waals surface area (Å²) >= 11 is 1.23. The third kappa shape index (κ3) is 3.20. The minimum absolute atomic E-state index is 0.117. The van der Waals surface area contributed by atoms with Gasteiger partial charge in [-0.2, -0.15) is 13.2 Å². The van der Waals surface area contributed by atoms with Gasteiger partial charge in [-0.1, -0.05) is 42.8 Å². The van der Waals surface area contributed by atoms with Crippen LogP contribution in [0.2, 0.25) is 0 Å². The van der Waals surface area contributed by atoms with Crippen LogP contribution in [0.15, 0.2) is 29.3 Å². The molecule has 1 N–H and O–H groups in total. The highest BCUT2D eigenvalue weighted by molar-refractivity contribution is 8.00. The summed E-state index contributed by atoms with van der Waals surface area (Å²) in [5, 5.41) is 10.8. The Morgan fingerprint density at radius 2 is 1.82 bits per heavy atom. The van der Waals surface area contributed by atoms with Crippen molar-refractivity contribution < 1.29 is 18.3 Å². The molecule has 1 aromatic carbocycles. The molecule has 1 heterocycles. The van der Waals surface area contributed by atoms with Gasteiger partial charge in [0.25, 0.3) is 0 Å². The Hall–Kier alpha value is -1.34. The summed E-state index contributed by atoms with van der Waals surface area (Å²) in [6.45, 7) is 0. The van der Waals surface area contributed by atoms with Crippen molar-refractivity contribution in [2.24, 2.45) is 0 Å². The second kappa shape index (κ2) is 6.04. The Balaban J connectivity index is 2.02. The maximum Gasteiger partial charge on any atom is 0.451 e. The molecule has 3 nitrogen and oxygen atoms in total. The zero-order chi connectivity index (χ0) is 15.7. The molecule has 0 spiro atoms. The summed E-state index contributed by atoms with van der Waals surface area (Å²) in [7, 11) is 0. The summed E-state index contributed by atoms with van der Waals surface area (Å²) < 4.78 is 38.9. The molecule has 1 aliphatic carbocycles. The van der Waals surface area contributed by atoms with E-state index < -0.39 is 18.1 Å². The van der Waals surface area contributed by atoms with Crippen LogP contribution in [-0.4, -0.2) is 26.4 Å². The second-order valence-electron chi connectivity index (χ2n) is 5.38. The molecule has 22 heavy (non-hydrogen) atoms. The third-order valence-corrected chi connectivity index (χ3v) is 5.14. The van der Waals surface area contributed by atoms with Crippen LogP contribution in [0.4, 0.5) is 13.2 Å². The van der Waals surface area contributed by atoms with Gasteiger partial charge < -0.3 is 5.11 Å². The fourth-order valence-corrected chi connectivity index (χ4v) is 3.93.